The fourth-order valence-electron chi connectivity index (χ4n) is 3.15. The first-order chi connectivity index (χ1) is 11.6. The molecule has 0 radical (unpaired) electrons. The van der Waals surface area contributed by atoms with Crippen molar-refractivity contribution in [2.75, 3.05) is 39.5 Å². The highest BCUT2D eigenvalue weighted by Gasteiger charge is 2.30. The normalized spacial score (nSPS) is 21.5. The predicted molar refractivity (Wildman–Crippen MR) is 85.8 cm³/mol. The summed E-state index contributed by atoms with van der Waals surface area (Å²) in [6, 6.07) is 7.44. The van der Waals surface area contributed by atoms with Gasteiger partial charge in [-0.05, 0) is 6.07 Å². The fourth-order valence-corrected chi connectivity index (χ4v) is 3.15. The smallest absolute Gasteiger partial charge is 0.305 e. The Labute approximate surface area is 140 Å². The number of hydrogen-bond acceptors (Lipinski definition) is 5. The lowest BCUT2D eigenvalue weighted by Crippen LogP contribution is -2.52. The first-order valence-electron chi connectivity index (χ1n) is 8.15. The van der Waals surface area contributed by atoms with E-state index in [0.717, 1.165) is 11.3 Å². The molecule has 2 aliphatic rings. The van der Waals surface area contributed by atoms with E-state index in [4.69, 9.17) is 14.6 Å². The van der Waals surface area contributed by atoms with Crippen molar-refractivity contribution < 1.29 is 24.2 Å². The Bertz CT molecular complexity index is 606. The zero-order chi connectivity index (χ0) is 16.9. The van der Waals surface area contributed by atoms with Crippen LogP contribution in [0.1, 0.15) is 12.0 Å². The molecule has 0 spiro atoms. The van der Waals surface area contributed by atoms with Crippen LogP contribution >= 0.6 is 0 Å². The maximum atomic E-state index is 12.7. The summed E-state index contributed by atoms with van der Waals surface area (Å²) in [6.07, 6.45) is -0.0856. The molecule has 0 aromatic heterocycles. The molecule has 1 aromatic rings. The van der Waals surface area contributed by atoms with Crippen molar-refractivity contribution in [1.82, 2.24) is 9.80 Å². The third-order valence-corrected chi connectivity index (χ3v) is 4.35. The molecule has 0 saturated carbocycles. The lowest BCUT2D eigenvalue weighted by Gasteiger charge is -2.36. The van der Waals surface area contributed by atoms with Crippen LogP contribution in [0.25, 0.3) is 0 Å². The van der Waals surface area contributed by atoms with Gasteiger partial charge in [-0.1, -0.05) is 18.2 Å². The van der Waals surface area contributed by atoms with E-state index >= 15 is 0 Å². The number of para-hydroxylation sites is 1. The monoisotopic (exact) mass is 334 g/mol. The van der Waals surface area contributed by atoms with E-state index in [1.807, 2.05) is 29.2 Å². The van der Waals surface area contributed by atoms with Gasteiger partial charge in [-0.3, -0.25) is 14.5 Å². The summed E-state index contributed by atoms with van der Waals surface area (Å²) < 4.78 is 11.0. The third kappa shape index (κ3) is 4.04. The number of carbonyl (C=O) groups is 2. The van der Waals surface area contributed by atoms with E-state index in [0.29, 0.717) is 32.8 Å². The average Bonchev–Trinajstić information content (AvgIpc) is 2.76. The highest BCUT2D eigenvalue weighted by molar-refractivity contribution is 5.79. The minimum absolute atomic E-state index is 0.0519. The first kappa shape index (κ1) is 16.7. The van der Waals surface area contributed by atoms with Gasteiger partial charge in [0.2, 0.25) is 5.91 Å². The lowest BCUT2D eigenvalue weighted by atomic mass is 10.1. The molecule has 0 unspecified atom stereocenters. The quantitative estimate of drug-likeness (QED) is 0.868. The number of morpholine rings is 1. The summed E-state index contributed by atoms with van der Waals surface area (Å²) in [5.74, 6) is -0.105. The van der Waals surface area contributed by atoms with Crippen LogP contribution in [0, 0.1) is 0 Å². The van der Waals surface area contributed by atoms with Crippen molar-refractivity contribution in [3.8, 4) is 5.75 Å². The molecule has 2 aliphatic heterocycles. The van der Waals surface area contributed by atoms with Gasteiger partial charge >= 0.3 is 5.97 Å². The molecule has 7 nitrogen and oxygen atoms in total. The van der Waals surface area contributed by atoms with E-state index < -0.39 is 5.97 Å². The summed E-state index contributed by atoms with van der Waals surface area (Å²) in [5.41, 5.74) is 1.06. The molecule has 1 N–H and O–H groups in total. The van der Waals surface area contributed by atoms with Crippen LogP contribution in [0.5, 0.6) is 5.75 Å². The Kier molecular flexibility index (Phi) is 5.32. The summed E-state index contributed by atoms with van der Waals surface area (Å²) in [6.45, 7) is 3.28. The minimum atomic E-state index is -0.916. The van der Waals surface area contributed by atoms with Gasteiger partial charge in [-0.2, -0.15) is 0 Å². The molecule has 0 bridgehead atoms. The molecule has 7 heteroatoms. The fraction of sp³-hybridized carbons (Fsp3) is 0.529. The van der Waals surface area contributed by atoms with Gasteiger partial charge in [0.25, 0.3) is 0 Å². The SMILES string of the molecule is O=C(O)C[C@H]1COCCN1C(=O)CN1CCOc2ccccc2C1. The highest BCUT2D eigenvalue weighted by Crippen LogP contribution is 2.22. The summed E-state index contributed by atoms with van der Waals surface area (Å²) in [5, 5.41) is 9.01. The highest BCUT2D eigenvalue weighted by atomic mass is 16.5. The van der Waals surface area contributed by atoms with Gasteiger partial charge < -0.3 is 19.5 Å². The number of carbonyl (C=O) groups excluding carboxylic acids is 1. The number of fused-ring (bicyclic) bond motifs is 1. The standard InChI is InChI=1S/C17H22N2O5/c20-16(19-6-7-23-12-14(19)9-17(21)22)11-18-5-8-24-15-4-2-1-3-13(15)10-18/h1-4,14H,5-12H2,(H,21,22)/t14-/m0/s1. The molecule has 2 heterocycles. The molecule has 130 valence electrons. The predicted octanol–water partition coefficient (Wildman–Crippen LogP) is 0.583. The van der Waals surface area contributed by atoms with Crippen LogP contribution < -0.4 is 4.74 Å². The van der Waals surface area contributed by atoms with Crippen molar-refractivity contribution in [1.29, 1.82) is 0 Å². The first-order valence-corrected chi connectivity index (χ1v) is 8.15. The summed E-state index contributed by atoms with van der Waals surface area (Å²) in [4.78, 5) is 27.4. The van der Waals surface area contributed by atoms with Crippen molar-refractivity contribution in [3.05, 3.63) is 29.8 Å². The maximum Gasteiger partial charge on any atom is 0.305 e. The second kappa shape index (κ2) is 7.63. The molecular formula is C17H22N2O5. The van der Waals surface area contributed by atoms with E-state index in [1.165, 1.54) is 0 Å². The summed E-state index contributed by atoms with van der Waals surface area (Å²) >= 11 is 0. The van der Waals surface area contributed by atoms with E-state index in [2.05, 4.69) is 0 Å². The van der Waals surface area contributed by atoms with Crippen molar-refractivity contribution in [2.45, 2.75) is 19.0 Å². The number of rotatable bonds is 4. The van der Waals surface area contributed by atoms with E-state index in [9.17, 15) is 9.59 Å². The van der Waals surface area contributed by atoms with Crippen LogP contribution in [0.15, 0.2) is 24.3 Å². The van der Waals surface area contributed by atoms with E-state index in [-0.39, 0.29) is 31.5 Å². The molecule has 3 rings (SSSR count). The molecule has 1 aromatic carbocycles. The molecule has 1 fully saturated rings. The third-order valence-electron chi connectivity index (χ3n) is 4.35. The second-order valence-electron chi connectivity index (χ2n) is 6.08. The number of benzene rings is 1. The Hall–Kier alpha value is -2.12. The topological polar surface area (TPSA) is 79.3 Å². The Morgan fingerprint density at radius 1 is 1.21 bits per heavy atom. The number of carboxylic acid groups (broad SMARTS) is 1. The van der Waals surface area contributed by atoms with Crippen LogP contribution in [0.2, 0.25) is 0 Å². The van der Waals surface area contributed by atoms with Crippen molar-refractivity contribution in [3.63, 3.8) is 0 Å². The maximum absolute atomic E-state index is 12.7. The van der Waals surface area contributed by atoms with Crippen LogP contribution in [-0.2, 0) is 20.9 Å². The number of ether oxygens (including phenoxy) is 2. The van der Waals surface area contributed by atoms with Gasteiger partial charge in [-0.25, -0.2) is 0 Å². The Morgan fingerprint density at radius 2 is 2.04 bits per heavy atom. The van der Waals surface area contributed by atoms with Crippen molar-refractivity contribution in [2.24, 2.45) is 0 Å². The molecule has 1 amide bonds. The van der Waals surface area contributed by atoms with Gasteiger partial charge in [0.05, 0.1) is 32.2 Å². The molecular weight excluding hydrogens is 312 g/mol. The number of nitrogens with zero attached hydrogens (tertiary/aromatic N) is 2. The molecule has 24 heavy (non-hydrogen) atoms. The molecule has 0 aliphatic carbocycles. The largest absolute Gasteiger partial charge is 0.492 e. The number of amides is 1. The summed E-state index contributed by atoms with van der Waals surface area (Å²) in [7, 11) is 0. The van der Waals surface area contributed by atoms with Crippen molar-refractivity contribution >= 4 is 11.9 Å². The Balaban J connectivity index is 1.64. The van der Waals surface area contributed by atoms with Crippen LogP contribution in [-0.4, -0.2) is 72.3 Å². The van der Waals surface area contributed by atoms with Crippen LogP contribution in [0.4, 0.5) is 0 Å². The lowest BCUT2D eigenvalue weighted by molar-refractivity contribution is -0.147. The Morgan fingerprint density at radius 3 is 2.88 bits per heavy atom. The molecule has 1 saturated heterocycles. The zero-order valence-corrected chi connectivity index (χ0v) is 13.5. The van der Waals surface area contributed by atoms with Gasteiger partial charge in [0, 0.05) is 25.2 Å². The number of aliphatic carboxylic acids is 1. The minimum Gasteiger partial charge on any atom is -0.492 e. The van der Waals surface area contributed by atoms with Gasteiger partial charge in [0.1, 0.15) is 12.4 Å². The molecule has 1 atom stereocenters. The number of hydrogen-bond donors (Lipinski definition) is 1. The van der Waals surface area contributed by atoms with E-state index in [1.54, 1.807) is 4.90 Å². The second-order valence-corrected chi connectivity index (χ2v) is 6.08. The average molecular weight is 334 g/mol. The van der Waals surface area contributed by atoms with Crippen LogP contribution in [0.3, 0.4) is 0 Å². The van der Waals surface area contributed by atoms with Gasteiger partial charge in [0.15, 0.2) is 0 Å². The van der Waals surface area contributed by atoms with Gasteiger partial charge in [-0.15, -0.1) is 0 Å². The number of carboxylic acids is 1. The zero-order valence-electron chi connectivity index (χ0n) is 13.5.